The summed E-state index contributed by atoms with van der Waals surface area (Å²) in [5.41, 5.74) is 4.35. The Labute approximate surface area is 181 Å². The first kappa shape index (κ1) is 18.8. The average molecular weight is 415 g/mol. The van der Waals surface area contributed by atoms with E-state index in [1.54, 1.807) is 0 Å². The van der Waals surface area contributed by atoms with Crippen LogP contribution in [0.5, 0.6) is 0 Å². The van der Waals surface area contributed by atoms with E-state index in [9.17, 15) is 4.79 Å². The van der Waals surface area contributed by atoms with Crippen LogP contribution in [0.25, 0.3) is 21.9 Å². The highest BCUT2D eigenvalue weighted by molar-refractivity contribution is 5.99. The number of rotatable bonds is 2. The van der Waals surface area contributed by atoms with E-state index in [-0.39, 0.29) is 18.1 Å². The van der Waals surface area contributed by atoms with Crippen molar-refractivity contribution in [1.82, 2.24) is 15.2 Å². The maximum atomic E-state index is 13.1. The number of pyridine rings is 1. The summed E-state index contributed by atoms with van der Waals surface area (Å²) in [7, 11) is 2.09. The zero-order valence-corrected chi connectivity index (χ0v) is 17.7. The monoisotopic (exact) mass is 414 g/mol. The smallest absolute Gasteiger partial charge is 0.254 e. The lowest BCUT2D eigenvalue weighted by atomic mass is 9.99. The highest BCUT2D eigenvalue weighted by Gasteiger charge is 2.37. The quantitative estimate of drug-likeness (QED) is 0.699. The lowest BCUT2D eigenvalue weighted by molar-refractivity contribution is 0.0176. The minimum absolute atomic E-state index is 0.0812. The summed E-state index contributed by atoms with van der Waals surface area (Å²) < 4.78 is 5.81. The van der Waals surface area contributed by atoms with Crippen molar-refractivity contribution >= 4 is 22.5 Å². The number of carbonyl (C=O) groups excluding carboxylic acids is 1. The van der Waals surface area contributed by atoms with Gasteiger partial charge in [-0.25, -0.2) is 4.98 Å². The van der Waals surface area contributed by atoms with E-state index in [4.69, 9.17) is 4.74 Å². The standard InChI is InChI=1S/C25H26N4O2/c1-28-8-6-19-12-21(13-27-24(19)28)18-3-2-17-11-20(5-4-16(17)10-18)25(30)29-14-22-23(15-29)31-9-7-26-22/h2-5,10-13,22-23,26H,6-9,14-15H2,1H3/t22-,23+/m0/s1. The second-order valence-corrected chi connectivity index (χ2v) is 8.83. The molecule has 4 heterocycles. The van der Waals surface area contributed by atoms with Gasteiger partial charge in [-0.1, -0.05) is 18.2 Å². The van der Waals surface area contributed by atoms with Gasteiger partial charge >= 0.3 is 0 Å². The number of carbonyl (C=O) groups is 1. The minimum Gasteiger partial charge on any atom is -0.373 e. The highest BCUT2D eigenvalue weighted by atomic mass is 16.5. The van der Waals surface area contributed by atoms with Crippen molar-refractivity contribution in [3.8, 4) is 11.1 Å². The van der Waals surface area contributed by atoms with Crippen LogP contribution in [0.1, 0.15) is 15.9 Å². The molecule has 158 valence electrons. The van der Waals surface area contributed by atoms with Gasteiger partial charge < -0.3 is 19.9 Å². The molecule has 2 saturated heterocycles. The molecule has 3 aliphatic rings. The number of likely N-dealkylation sites (tertiary alicyclic amines) is 1. The lowest BCUT2D eigenvalue weighted by Gasteiger charge is -2.25. The third kappa shape index (κ3) is 3.27. The van der Waals surface area contributed by atoms with E-state index in [1.807, 2.05) is 23.2 Å². The first-order valence-corrected chi connectivity index (χ1v) is 11.0. The van der Waals surface area contributed by atoms with Crippen LogP contribution < -0.4 is 10.2 Å². The molecule has 6 rings (SSSR count). The van der Waals surface area contributed by atoms with Crippen molar-refractivity contribution in [2.24, 2.45) is 0 Å². The van der Waals surface area contributed by atoms with Gasteiger partial charge in [0.05, 0.1) is 18.8 Å². The first-order valence-electron chi connectivity index (χ1n) is 11.0. The Balaban J connectivity index is 1.26. The molecule has 0 bridgehead atoms. The van der Waals surface area contributed by atoms with Crippen LogP contribution in [0.2, 0.25) is 0 Å². The summed E-state index contributed by atoms with van der Waals surface area (Å²) in [5, 5.41) is 5.67. The fourth-order valence-corrected chi connectivity index (χ4v) is 5.08. The number of anilines is 1. The molecule has 31 heavy (non-hydrogen) atoms. The summed E-state index contributed by atoms with van der Waals surface area (Å²) in [4.78, 5) is 21.9. The van der Waals surface area contributed by atoms with E-state index in [0.29, 0.717) is 13.1 Å². The molecule has 2 aromatic carbocycles. The van der Waals surface area contributed by atoms with Crippen LogP contribution >= 0.6 is 0 Å². The number of morpholine rings is 1. The Morgan fingerprint density at radius 1 is 1.10 bits per heavy atom. The van der Waals surface area contributed by atoms with Gasteiger partial charge in [0.2, 0.25) is 0 Å². The predicted molar refractivity (Wildman–Crippen MR) is 122 cm³/mol. The third-order valence-corrected chi connectivity index (χ3v) is 6.84. The molecule has 3 aliphatic heterocycles. The molecule has 0 aliphatic carbocycles. The van der Waals surface area contributed by atoms with Crippen LogP contribution in [0, 0.1) is 0 Å². The minimum atomic E-state index is 0.0812. The van der Waals surface area contributed by atoms with E-state index in [0.717, 1.165) is 59.4 Å². The number of benzene rings is 2. The van der Waals surface area contributed by atoms with Crippen molar-refractivity contribution < 1.29 is 9.53 Å². The topological polar surface area (TPSA) is 57.7 Å². The van der Waals surface area contributed by atoms with Crippen LogP contribution in [0.3, 0.4) is 0 Å². The molecular weight excluding hydrogens is 388 g/mol. The summed E-state index contributed by atoms with van der Waals surface area (Å²) in [6.07, 6.45) is 3.12. The maximum absolute atomic E-state index is 13.1. The van der Waals surface area contributed by atoms with Gasteiger partial charge in [-0.15, -0.1) is 0 Å². The zero-order chi connectivity index (χ0) is 20.9. The van der Waals surface area contributed by atoms with Gasteiger partial charge in [0.15, 0.2) is 0 Å². The molecule has 0 unspecified atom stereocenters. The third-order valence-electron chi connectivity index (χ3n) is 6.84. The molecule has 1 N–H and O–H groups in total. The van der Waals surface area contributed by atoms with Crippen LogP contribution in [0.4, 0.5) is 5.82 Å². The van der Waals surface area contributed by atoms with Crippen molar-refractivity contribution in [3.05, 3.63) is 59.8 Å². The number of fused-ring (bicyclic) bond motifs is 3. The number of hydrogen-bond acceptors (Lipinski definition) is 5. The molecule has 0 saturated carbocycles. The molecule has 2 atom stereocenters. The number of nitrogens with one attached hydrogen (secondary N) is 1. The Bertz CT molecular complexity index is 1160. The molecule has 0 radical (unpaired) electrons. The van der Waals surface area contributed by atoms with Gasteiger partial charge in [-0.2, -0.15) is 0 Å². The molecule has 6 nitrogen and oxygen atoms in total. The molecule has 2 fully saturated rings. The largest absolute Gasteiger partial charge is 0.373 e. The van der Waals surface area contributed by atoms with Crippen LogP contribution in [-0.2, 0) is 11.2 Å². The number of aromatic nitrogens is 1. The van der Waals surface area contributed by atoms with E-state index < -0.39 is 0 Å². The number of hydrogen-bond donors (Lipinski definition) is 1. The molecule has 1 amide bonds. The molecule has 0 spiro atoms. The van der Waals surface area contributed by atoms with Gasteiger partial charge in [-0.3, -0.25) is 4.79 Å². The van der Waals surface area contributed by atoms with Gasteiger partial charge in [0.25, 0.3) is 5.91 Å². The van der Waals surface area contributed by atoms with Gasteiger partial charge in [0, 0.05) is 50.6 Å². The van der Waals surface area contributed by atoms with E-state index >= 15 is 0 Å². The number of likely N-dealkylation sites (N-methyl/N-ethyl adjacent to an activating group) is 1. The zero-order valence-electron chi connectivity index (χ0n) is 17.7. The summed E-state index contributed by atoms with van der Waals surface area (Å²) >= 11 is 0. The van der Waals surface area contributed by atoms with Gasteiger partial charge in [-0.05, 0) is 52.6 Å². The summed E-state index contributed by atoms with van der Waals surface area (Å²) in [6.45, 7) is 3.98. The second kappa shape index (κ2) is 7.32. The SMILES string of the molecule is CN1CCc2cc(-c3ccc4cc(C(=O)N5C[C@@H]6NCCO[C@@H]6C5)ccc4c3)cnc21. The van der Waals surface area contributed by atoms with Crippen molar-refractivity contribution in [3.63, 3.8) is 0 Å². The van der Waals surface area contributed by atoms with Crippen molar-refractivity contribution in [2.45, 2.75) is 18.6 Å². The number of nitrogens with zero attached hydrogens (tertiary/aromatic N) is 3. The molecule has 6 heteroatoms. The highest BCUT2D eigenvalue weighted by Crippen LogP contribution is 2.31. The van der Waals surface area contributed by atoms with Crippen molar-refractivity contribution in [1.29, 1.82) is 0 Å². The fourth-order valence-electron chi connectivity index (χ4n) is 5.08. The Hall–Kier alpha value is -2.96. The fraction of sp³-hybridized carbons (Fsp3) is 0.360. The van der Waals surface area contributed by atoms with Crippen LogP contribution in [-0.4, -0.2) is 67.8 Å². The predicted octanol–water partition coefficient (Wildman–Crippen LogP) is 2.71. The average Bonchev–Trinajstić information content (AvgIpc) is 3.41. The van der Waals surface area contributed by atoms with Crippen molar-refractivity contribution in [2.75, 3.05) is 44.7 Å². The molecular formula is C25H26N4O2. The Morgan fingerprint density at radius 2 is 1.97 bits per heavy atom. The maximum Gasteiger partial charge on any atom is 0.254 e. The summed E-state index contributed by atoms with van der Waals surface area (Å²) in [6, 6.07) is 14.9. The first-order chi connectivity index (χ1) is 15.2. The van der Waals surface area contributed by atoms with E-state index in [2.05, 4.69) is 52.6 Å². The molecule has 3 aromatic rings. The number of amides is 1. The van der Waals surface area contributed by atoms with E-state index in [1.165, 1.54) is 5.56 Å². The van der Waals surface area contributed by atoms with Gasteiger partial charge in [0.1, 0.15) is 5.82 Å². The second-order valence-electron chi connectivity index (χ2n) is 8.83. The molecule has 1 aromatic heterocycles. The Morgan fingerprint density at radius 3 is 2.87 bits per heavy atom. The summed E-state index contributed by atoms with van der Waals surface area (Å²) in [5.74, 6) is 1.17. The lowest BCUT2D eigenvalue weighted by Crippen LogP contribution is -2.47. The normalized spacial score (nSPS) is 22.6. The Kier molecular flexibility index (Phi) is 4.44. The van der Waals surface area contributed by atoms with Crippen LogP contribution in [0.15, 0.2) is 48.7 Å². The number of ether oxygens (including phenoxy) is 1.